The lowest BCUT2D eigenvalue weighted by molar-refractivity contribution is 0.176. The number of amides is 2. The smallest absolute Gasteiger partial charge is 0.413 e. The summed E-state index contributed by atoms with van der Waals surface area (Å²) in [5.74, 6) is 0. The van der Waals surface area contributed by atoms with Crippen LogP contribution in [0.1, 0.15) is 0 Å². The number of aromatic amines is 1. The first-order chi connectivity index (χ1) is 11.9. The van der Waals surface area contributed by atoms with Gasteiger partial charge in [0, 0.05) is 0 Å². The molecule has 0 aliphatic rings. The Labute approximate surface area is 152 Å². The largest absolute Gasteiger partial charge is 0.453 e. The van der Waals surface area contributed by atoms with Gasteiger partial charge in [-0.3, -0.25) is 10.6 Å². The number of carbonyl (C=O) groups is 2. The molecule has 0 spiro atoms. The SMILES string of the molecule is COC(=O)NC(=S)Nc1cc2nc[nH]c2cc1NC(=S)NC(=O)OC. The Kier molecular flexibility index (Phi) is 6.03. The third kappa shape index (κ3) is 4.99. The molecule has 0 saturated heterocycles. The lowest BCUT2D eigenvalue weighted by Gasteiger charge is -2.15. The number of alkyl carbamates (subject to hydrolysis) is 2. The van der Waals surface area contributed by atoms with Crippen molar-refractivity contribution in [2.75, 3.05) is 24.9 Å². The zero-order valence-corrected chi connectivity index (χ0v) is 14.8. The van der Waals surface area contributed by atoms with Crippen LogP contribution < -0.4 is 21.3 Å². The van der Waals surface area contributed by atoms with Crippen molar-refractivity contribution >= 4 is 69.3 Å². The molecule has 25 heavy (non-hydrogen) atoms. The zero-order chi connectivity index (χ0) is 18.4. The Bertz CT molecular complexity index is 771. The number of thiocarbonyl (C=S) groups is 2. The van der Waals surface area contributed by atoms with Gasteiger partial charge >= 0.3 is 12.2 Å². The fourth-order valence-electron chi connectivity index (χ4n) is 1.78. The number of nitrogens with one attached hydrogen (secondary N) is 5. The highest BCUT2D eigenvalue weighted by Crippen LogP contribution is 2.27. The van der Waals surface area contributed by atoms with Crippen LogP contribution in [0.15, 0.2) is 18.5 Å². The van der Waals surface area contributed by atoms with Gasteiger partial charge in [-0.2, -0.15) is 0 Å². The zero-order valence-electron chi connectivity index (χ0n) is 13.1. The number of H-pyrrole nitrogens is 1. The molecule has 1 heterocycles. The van der Waals surface area contributed by atoms with Crippen molar-refractivity contribution in [1.82, 2.24) is 20.6 Å². The lowest BCUT2D eigenvalue weighted by atomic mass is 10.2. The van der Waals surface area contributed by atoms with Crippen LogP contribution >= 0.6 is 24.4 Å². The van der Waals surface area contributed by atoms with Crippen LogP contribution in [0, 0.1) is 0 Å². The molecule has 0 unspecified atom stereocenters. The first-order valence-electron chi connectivity index (χ1n) is 6.72. The fourth-order valence-corrected chi connectivity index (χ4v) is 2.17. The van der Waals surface area contributed by atoms with E-state index in [4.69, 9.17) is 24.4 Å². The van der Waals surface area contributed by atoms with E-state index >= 15 is 0 Å². The van der Waals surface area contributed by atoms with Crippen LogP contribution in [-0.4, -0.2) is 46.6 Å². The minimum Gasteiger partial charge on any atom is -0.453 e. The molecule has 1 aromatic heterocycles. The molecule has 0 aliphatic heterocycles. The number of hydrogen-bond donors (Lipinski definition) is 5. The number of anilines is 2. The predicted molar refractivity (Wildman–Crippen MR) is 99.6 cm³/mol. The van der Waals surface area contributed by atoms with E-state index in [2.05, 4.69) is 40.7 Å². The fraction of sp³-hybridized carbons (Fsp3) is 0.154. The van der Waals surface area contributed by atoms with Crippen molar-refractivity contribution in [1.29, 1.82) is 0 Å². The summed E-state index contributed by atoms with van der Waals surface area (Å²) in [6, 6.07) is 3.39. The highest BCUT2D eigenvalue weighted by atomic mass is 32.1. The van der Waals surface area contributed by atoms with Gasteiger partial charge in [-0.1, -0.05) is 0 Å². The standard InChI is InChI=1S/C13H14N6O4S2/c1-22-12(20)18-10(24)16-8-3-6-7(15-5-14-6)4-9(8)17-11(25)19-13(21)23-2/h3-5H,1-2H3,(H,14,15)(H2,16,18,20,24)(H2,17,19,21,25). The number of methoxy groups -OCH3 is 2. The van der Waals surface area contributed by atoms with E-state index in [0.717, 1.165) is 5.52 Å². The van der Waals surface area contributed by atoms with Gasteiger partial charge in [0.15, 0.2) is 10.2 Å². The van der Waals surface area contributed by atoms with Crippen LogP contribution in [0.5, 0.6) is 0 Å². The summed E-state index contributed by atoms with van der Waals surface area (Å²) in [5.41, 5.74) is 2.32. The molecule has 10 nitrogen and oxygen atoms in total. The molecule has 0 saturated carbocycles. The average Bonchev–Trinajstić information content (AvgIpc) is 3.01. The van der Waals surface area contributed by atoms with Crippen molar-refractivity contribution < 1.29 is 19.1 Å². The number of hydrogen-bond acceptors (Lipinski definition) is 7. The van der Waals surface area contributed by atoms with E-state index in [9.17, 15) is 9.59 Å². The summed E-state index contributed by atoms with van der Waals surface area (Å²) in [5, 5.41) is 10.3. The van der Waals surface area contributed by atoms with Crippen LogP contribution in [0.25, 0.3) is 11.0 Å². The highest BCUT2D eigenvalue weighted by molar-refractivity contribution is 7.80. The Hall–Kier alpha value is -2.99. The van der Waals surface area contributed by atoms with Crippen molar-refractivity contribution in [2.45, 2.75) is 0 Å². The van der Waals surface area contributed by atoms with Crippen LogP contribution in [0.2, 0.25) is 0 Å². The summed E-state index contributed by atoms with van der Waals surface area (Å²) >= 11 is 10.1. The number of fused-ring (bicyclic) bond motifs is 1. The van der Waals surface area contributed by atoms with E-state index < -0.39 is 12.2 Å². The van der Waals surface area contributed by atoms with Crippen molar-refractivity contribution in [3.05, 3.63) is 18.5 Å². The number of ether oxygens (including phenoxy) is 2. The van der Waals surface area contributed by atoms with Crippen molar-refractivity contribution in [3.8, 4) is 0 Å². The number of aromatic nitrogens is 2. The Morgan fingerprint density at radius 2 is 1.52 bits per heavy atom. The maximum Gasteiger partial charge on any atom is 0.413 e. The molecule has 132 valence electrons. The molecular weight excluding hydrogens is 368 g/mol. The van der Waals surface area contributed by atoms with Crippen molar-refractivity contribution in [2.24, 2.45) is 0 Å². The lowest BCUT2D eigenvalue weighted by Crippen LogP contribution is -2.35. The van der Waals surface area contributed by atoms with Gasteiger partial charge in [-0.15, -0.1) is 0 Å². The number of carbonyl (C=O) groups excluding carboxylic acids is 2. The molecule has 2 rings (SSSR count). The normalized spacial score (nSPS) is 9.84. The molecule has 0 aliphatic carbocycles. The molecule has 5 N–H and O–H groups in total. The molecule has 0 fully saturated rings. The second kappa shape index (κ2) is 8.21. The third-order valence-corrected chi connectivity index (χ3v) is 3.27. The van der Waals surface area contributed by atoms with Crippen molar-refractivity contribution in [3.63, 3.8) is 0 Å². The minimum absolute atomic E-state index is 0.0108. The second-order valence-corrected chi connectivity index (χ2v) is 5.28. The highest BCUT2D eigenvalue weighted by Gasteiger charge is 2.12. The molecule has 12 heteroatoms. The molecule has 2 aromatic rings. The van der Waals surface area contributed by atoms with E-state index in [-0.39, 0.29) is 10.2 Å². The molecule has 0 bridgehead atoms. The summed E-state index contributed by atoms with van der Waals surface area (Å²) in [6.45, 7) is 0. The van der Waals surface area contributed by atoms with Gasteiger partial charge in [-0.25, -0.2) is 14.6 Å². The monoisotopic (exact) mass is 382 g/mol. The number of nitrogens with zero attached hydrogens (tertiary/aromatic N) is 1. The summed E-state index contributed by atoms with van der Waals surface area (Å²) in [7, 11) is 2.44. The van der Waals surface area contributed by atoms with Gasteiger partial charge < -0.3 is 25.1 Å². The quantitative estimate of drug-likeness (QED) is 0.492. The first-order valence-corrected chi connectivity index (χ1v) is 7.53. The molecule has 0 radical (unpaired) electrons. The van der Waals surface area contributed by atoms with Crippen LogP contribution in [-0.2, 0) is 9.47 Å². The Balaban J connectivity index is 2.23. The van der Waals surface area contributed by atoms with Gasteiger partial charge in [-0.05, 0) is 36.6 Å². The maximum absolute atomic E-state index is 11.2. The number of imidazole rings is 1. The molecule has 1 aromatic carbocycles. The van der Waals surface area contributed by atoms with Crippen LogP contribution in [0.4, 0.5) is 21.0 Å². The van der Waals surface area contributed by atoms with Gasteiger partial charge in [0.2, 0.25) is 0 Å². The molecule has 0 atom stereocenters. The van der Waals surface area contributed by atoms with Gasteiger partial charge in [0.05, 0.1) is 43.0 Å². The van der Waals surface area contributed by atoms with E-state index in [1.54, 1.807) is 12.1 Å². The maximum atomic E-state index is 11.2. The van der Waals surface area contributed by atoms with E-state index in [0.29, 0.717) is 16.9 Å². The number of benzene rings is 1. The van der Waals surface area contributed by atoms with Gasteiger partial charge in [0.25, 0.3) is 0 Å². The van der Waals surface area contributed by atoms with E-state index in [1.165, 1.54) is 20.5 Å². The van der Waals surface area contributed by atoms with Crippen LogP contribution in [0.3, 0.4) is 0 Å². The average molecular weight is 382 g/mol. The summed E-state index contributed by atoms with van der Waals surface area (Å²) in [6.07, 6.45) is 0.0992. The summed E-state index contributed by atoms with van der Waals surface area (Å²) < 4.78 is 8.95. The van der Waals surface area contributed by atoms with E-state index in [1.807, 2.05) is 0 Å². The Morgan fingerprint density at radius 1 is 1.00 bits per heavy atom. The molecule has 2 amide bonds. The van der Waals surface area contributed by atoms with Gasteiger partial charge in [0.1, 0.15) is 0 Å². The topological polar surface area (TPSA) is 129 Å². The predicted octanol–water partition coefficient (Wildman–Crippen LogP) is 1.67. The Morgan fingerprint density at radius 3 is 2.04 bits per heavy atom. The molecular formula is C13H14N6O4S2. The summed E-state index contributed by atoms with van der Waals surface area (Å²) in [4.78, 5) is 29.5. The second-order valence-electron chi connectivity index (χ2n) is 4.46. The minimum atomic E-state index is -0.712. The number of rotatable bonds is 2. The third-order valence-electron chi connectivity index (χ3n) is 2.86. The first kappa shape index (κ1) is 18.4.